The molecular weight excluding hydrogens is 641 g/mol. The Morgan fingerprint density at radius 3 is 2.34 bits per heavy atom. The van der Waals surface area contributed by atoms with E-state index < -0.39 is 17.7 Å². The summed E-state index contributed by atoms with van der Waals surface area (Å²) in [5, 5.41) is 21.4. The lowest BCUT2D eigenvalue weighted by atomic mass is 9.95. The Morgan fingerprint density at radius 1 is 0.955 bits per heavy atom. The molecule has 228 valence electrons. The molecule has 2 heterocycles. The van der Waals surface area contributed by atoms with Crippen molar-refractivity contribution in [3.63, 3.8) is 0 Å². The molecule has 4 aromatic rings. The van der Waals surface area contributed by atoms with E-state index in [4.69, 9.17) is 32.7 Å². The molecule has 0 aliphatic carbocycles. The summed E-state index contributed by atoms with van der Waals surface area (Å²) in [5.41, 5.74) is 1.85. The van der Waals surface area contributed by atoms with Gasteiger partial charge >= 0.3 is 5.91 Å². The van der Waals surface area contributed by atoms with E-state index in [1.807, 2.05) is 31.2 Å². The zero-order valence-electron chi connectivity index (χ0n) is 24.0. The van der Waals surface area contributed by atoms with Crippen LogP contribution in [-0.4, -0.2) is 40.2 Å². The number of benzene rings is 3. The third kappa shape index (κ3) is 7.04. The minimum atomic E-state index is -1.00. The number of amides is 1. The predicted octanol–water partition coefficient (Wildman–Crippen LogP) is 8.34. The number of Topliss-reactive ketones (excluding diaryl/α,β-unsaturated/α-hetero) is 1. The van der Waals surface area contributed by atoms with Crippen molar-refractivity contribution in [3.8, 4) is 11.5 Å². The standard InChI is InChI=1S/C32H29Cl2N3O5S2/c1-3-5-16-42-24-15-10-21(17-25(24)41-4-2)27-26(28(38)20-8-13-23(34)14-9-20)29(39)30(40)37(27)31-35-36-32(44-31)43-18-19-6-11-22(33)12-7-19/h6-15,17,27,38H,3-5,16,18H2,1-2H3/b28-26+. The molecule has 0 spiro atoms. The summed E-state index contributed by atoms with van der Waals surface area (Å²) in [4.78, 5) is 28.5. The molecule has 3 aromatic carbocycles. The molecular formula is C32H29Cl2N3O5S2. The van der Waals surface area contributed by atoms with Crippen molar-refractivity contribution in [2.45, 2.75) is 42.8 Å². The summed E-state index contributed by atoms with van der Waals surface area (Å²) in [5.74, 6) is -0.353. The molecule has 1 N–H and O–H groups in total. The lowest BCUT2D eigenvalue weighted by molar-refractivity contribution is -0.132. The van der Waals surface area contributed by atoms with Crippen LogP contribution >= 0.6 is 46.3 Å². The highest BCUT2D eigenvalue weighted by Crippen LogP contribution is 2.45. The third-order valence-electron chi connectivity index (χ3n) is 6.78. The fraction of sp³-hybridized carbons (Fsp3) is 0.250. The minimum absolute atomic E-state index is 0.0787. The van der Waals surface area contributed by atoms with Crippen LogP contribution in [0.25, 0.3) is 5.76 Å². The van der Waals surface area contributed by atoms with E-state index in [2.05, 4.69) is 17.1 Å². The monoisotopic (exact) mass is 669 g/mol. The van der Waals surface area contributed by atoms with Crippen molar-refractivity contribution in [3.05, 3.63) is 99.0 Å². The molecule has 0 bridgehead atoms. The van der Waals surface area contributed by atoms with Crippen LogP contribution in [0, 0.1) is 0 Å². The van der Waals surface area contributed by atoms with Crippen LogP contribution in [0.4, 0.5) is 5.13 Å². The van der Waals surface area contributed by atoms with Gasteiger partial charge in [-0.15, -0.1) is 10.2 Å². The van der Waals surface area contributed by atoms with Crippen LogP contribution in [0.15, 0.2) is 76.6 Å². The Labute approximate surface area is 273 Å². The summed E-state index contributed by atoms with van der Waals surface area (Å²) >= 11 is 14.7. The first-order valence-electron chi connectivity index (χ1n) is 14.0. The lowest BCUT2D eigenvalue weighted by Crippen LogP contribution is -2.29. The number of nitrogens with zero attached hydrogens (tertiary/aromatic N) is 3. The van der Waals surface area contributed by atoms with E-state index in [-0.39, 0.29) is 16.5 Å². The summed E-state index contributed by atoms with van der Waals surface area (Å²) in [6.45, 7) is 4.84. The second-order valence-corrected chi connectivity index (χ2v) is 12.8. The molecule has 1 saturated heterocycles. The zero-order chi connectivity index (χ0) is 31.2. The third-order valence-corrected chi connectivity index (χ3v) is 9.41. The van der Waals surface area contributed by atoms with Gasteiger partial charge < -0.3 is 14.6 Å². The maximum absolute atomic E-state index is 13.6. The van der Waals surface area contributed by atoms with Gasteiger partial charge in [-0.2, -0.15) is 0 Å². The normalized spacial score (nSPS) is 16.0. The maximum Gasteiger partial charge on any atom is 0.301 e. The van der Waals surface area contributed by atoms with Gasteiger partial charge in [0.05, 0.1) is 24.8 Å². The quantitative estimate of drug-likeness (QED) is 0.0401. The zero-order valence-corrected chi connectivity index (χ0v) is 27.1. The van der Waals surface area contributed by atoms with Crippen molar-refractivity contribution >= 4 is 68.9 Å². The van der Waals surface area contributed by atoms with Gasteiger partial charge in [0, 0.05) is 21.4 Å². The summed E-state index contributed by atoms with van der Waals surface area (Å²) in [6, 6.07) is 18.1. The van der Waals surface area contributed by atoms with E-state index in [1.54, 1.807) is 42.5 Å². The number of aromatic nitrogens is 2. The number of ether oxygens (including phenoxy) is 2. The molecule has 12 heteroatoms. The number of carbonyl (C=O) groups excluding carboxylic acids is 2. The fourth-order valence-corrected chi connectivity index (χ4v) is 6.68. The highest BCUT2D eigenvalue weighted by Gasteiger charge is 2.48. The SMILES string of the molecule is CCCCOc1ccc(C2/C(=C(\O)c3ccc(Cl)cc3)C(=O)C(=O)N2c2nnc(SCc3ccc(Cl)cc3)s2)cc1OCC. The van der Waals surface area contributed by atoms with Crippen molar-refractivity contribution in [1.29, 1.82) is 0 Å². The molecule has 1 unspecified atom stereocenters. The van der Waals surface area contributed by atoms with Gasteiger partial charge in [0.2, 0.25) is 5.13 Å². The first-order valence-corrected chi connectivity index (χ1v) is 16.5. The summed E-state index contributed by atoms with van der Waals surface area (Å²) in [6.07, 6.45) is 1.85. The number of aliphatic hydroxyl groups is 1. The molecule has 1 fully saturated rings. The Bertz CT molecular complexity index is 1680. The first-order chi connectivity index (χ1) is 21.3. The van der Waals surface area contributed by atoms with Gasteiger partial charge in [0.25, 0.3) is 5.78 Å². The van der Waals surface area contributed by atoms with Crippen molar-refractivity contribution < 1.29 is 24.2 Å². The highest BCUT2D eigenvalue weighted by molar-refractivity contribution is 8.00. The molecule has 1 aliphatic rings. The first kappa shape index (κ1) is 31.8. The van der Waals surface area contributed by atoms with E-state index in [1.165, 1.54) is 28.0 Å². The molecule has 1 aromatic heterocycles. The van der Waals surface area contributed by atoms with E-state index in [0.29, 0.717) is 56.0 Å². The van der Waals surface area contributed by atoms with Crippen molar-refractivity contribution in [1.82, 2.24) is 10.2 Å². The molecule has 1 amide bonds. The number of carbonyl (C=O) groups is 2. The maximum atomic E-state index is 13.6. The van der Waals surface area contributed by atoms with Crippen LogP contribution in [0.2, 0.25) is 10.0 Å². The lowest BCUT2D eigenvalue weighted by Gasteiger charge is -2.23. The molecule has 0 saturated carbocycles. The summed E-state index contributed by atoms with van der Waals surface area (Å²) in [7, 11) is 0. The Balaban J connectivity index is 1.56. The van der Waals surface area contributed by atoms with Gasteiger partial charge in [-0.25, -0.2) is 0 Å². The number of unbranched alkanes of at least 4 members (excludes halogenated alkanes) is 1. The van der Waals surface area contributed by atoms with E-state index in [0.717, 1.165) is 18.4 Å². The largest absolute Gasteiger partial charge is 0.507 e. The average Bonchev–Trinajstić information content (AvgIpc) is 3.59. The second-order valence-electron chi connectivity index (χ2n) is 9.78. The van der Waals surface area contributed by atoms with Crippen LogP contribution in [0.5, 0.6) is 11.5 Å². The van der Waals surface area contributed by atoms with Gasteiger partial charge in [-0.05, 0) is 73.0 Å². The van der Waals surface area contributed by atoms with Crippen LogP contribution in [0.3, 0.4) is 0 Å². The van der Waals surface area contributed by atoms with E-state index in [9.17, 15) is 14.7 Å². The molecule has 1 atom stereocenters. The van der Waals surface area contributed by atoms with Gasteiger partial charge in [0.15, 0.2) is 15.8 Å². The Hall–Kier alpha value is -3.57. The van der Waals surface area contributed by atoms with Gasteiger partial charge in [-0.1, -0.05) is 77.8 Å². The highest BCUT2D eigenvalue weighted by atomic mass is 35.5. The van der Waals surface area contributed by atoms with Crippen LogP contribution in [-0.2, 0) is 15.3 Å². The van der Waals surface area contributed by atoms with Gasteiger partial charge in [0.1, 0.15) is 5.76 Å². The molecule has 1 aliphatic heterocycles. The number of rotatable bonds is 12. The molecule has 0 radical (unpaired) electrons. The minimum Gasteiger partial charge on any atom is -0.507 e. The predicted molar refractivity (Wildman–Crippen MR) is 175 cm³/mol. The van der Waals surface area contributed by atoms with Crippen LogP contribution in [0.1, 0.15) is 49.4 Å². The summed E-state index contributed by atoms with van der Waals surface area (Å²) < 4.78 is 12.5. The van der Waals surface area contributed by atoms with Crippen molar-refractivity contribution in [2.24, 2.45) is 0 Å². The Morgan fingerprint density at radius 2 is 1.66 bits per heavy atom. The van der Waals surface area contributed by atoms with Gasteiger partial charge in [-0.3, -0.25) is 14.5 Å². The average molecular weight is 671 g/mol. The molecule has 5 rings (SSSR count). The second kappa shape index (κ2) is 14.5. The number of hydrogen-bond donors (Lipinski definition) is 1. The molecule has 44 heavy (non-hydrogen) atoms. The molecule has 8 nitrogen and oxygen atoms in total. The van der Waals surface area contributed by atoms with E-state index >= 15 is 0 Å². The number of halogens is 2. The Kier molecular flexibility index (Phi) is 10.5. The fourth-order valence-electron chi connectivity index (χ4n) is 4.60. The number of ketones is 1. The number of thioether (sulfide) groups is 1. The van der Waals surface area contributed by atoms with Crippen LogP contribution < -0.4 is 14.4 Å². The number of anilines is 1. The topological polar surface area (TPSA) is 102 Å². The van der Waals surface area contributed by atoms with Crippen molar-refractivity contribution in [2.75, 3.05) is 18.1 Å². The smallest absolute Gasteiger partial charge is 0.301 e. The number of aliphatic hydroxyl groups excluding tert-OH is 1. The number of hydrogen-bond acceptors (Lipinski definition) is 9.